The Morgan fingerprint density at radius 3 is 2.06 bits per heavy atom. The fraction of sp³-hybridized carbons (Fsp3) is 0.250. The van der Waals surface area contributed by atoms with Gasteiger partial charge in [-0.3, -0.25) is 4.79 Å². The van der Waals surface area contributed by atoms with Gasteiger partial charge in [0.2, 0.25) is 0 Å². The molecule has 0 aromatic heterocycles. The van der Waals surface area contributed by atoms with E-state index in [2.05, 4.69) is 0 Å². The quantitative estimate of drug-likeness (QED) is 0.314. The zero-order valence-electron chi connectivity index (χ0n) is 15.9. The number of aryl methyl sites for hydroxylation is 1. The van der Waals surface area contributed by atoms with Gasteiger partial charge in [0, 0.05) is 11.1 Å². The van der Waals surface area contributed by atoms with E-state index in [1.807, 2.05) is 0 Å². The van der Waals surface area contributed by atoms with Gasteiger partial charge in [0.25, 0.3) is 5.91 Å². The molecule has 12 heteroatoms. The monoisotopic (exact) mass is 521 g/mol. The van der Waals surface area contributed by atoms with Gasteiger partial charge < -0.3 is 5.32 Å². The maximum atomic E-state index is 14.7. The molecule has 2 nitrogen and oxygen atoms in total. The van der Waals surface area contributed by atoms with Crippen LogP contribution in [0.4, 0.5) is 30.7 Å². The average molecular weight is 523 g/mol. The minimum absolute atomic E-state index is 0.0619. The summed E-state index contributed by atoms with van der Waals surface area (Å²) in [6, 6.07) is 4.87. The molecule has 0 saturated heterocycles. The van der Waals surface area contributed by atoms with Crippen LogP contribution in [0.25, 0.3) is 5.83 Å². The number of allylic oxidation sites excluding steroid dienone is 1. The van der Waals surface area contributed by atoms with Crippen LogP contribution in [0, 0.1) is 6.92 Å². The Morgan fingerprint density at radius 2 is 1.59 bits per heavy atom. The third-order valence-electron chi connectivity index (χ3n) is 4.23. The van der Waals surface area contributed by atoms with Crippen molar-refractivity contribution < 1.29 is 35.5 Å². The van der Waals surface area contributed by atoms with Crippen LogP contribution in [0.5, 0.6) is 0 Å². The van der Waals surface area contributed by atoms with Crippen LogP contribution >= 0.6 is 34.8 Å². The highest BCUT2D eigenvalue weighted by Crippen LogP contribution is 2.42. The smallest absolute Gasteiger partial charge is 0.343 e. The molecule has 1 unspecified atom stereocenters. The number of carbonyl (C=O) groups excluding carboxylic acids is 1. The molecule has 174 valence electrons. The average Bonchev–Trinajstić information content (AvgIpc) is 2.66. The van der Waals surface area contributed by atoms with Gasteiger partial charge in [0.05, 0.1) is 15.1 Å². The predicted molar refractivity (Wildman–Crippen MR) is 109 cm³/mol. The van der Waals surface area contributed by atoms with Crippen LogP contribution in [-0.2, 0) is 0 Å². The van der Waals surface area contributed by atoms with Crippen molar-refractivity contribution in [3.8, 4) is 0 Å². The Bertz CT molecular complexity index is 1030. The van der Waals surface area contributed by atoms with Crippen molar-refractivity contribution in [2.24, 2.45) is 0 Å². The SMILES string of the molecule is Cc1cc(C(F)=CC(c2cc(Cl)c(Cl)c(Cl)c2)C(F)(F)F)ccc1C(=O)NCC(F)(F)F. The fourth-order valence-corrected chi connectivity index (χ4v) is 3.33. The van der Waals surface area contributed by atoms with E-state index in [4.69, 9.17) is 34.8 Å². The van der Waals surface area contributed by atoms with E-state index >= 15 is 0 Å². The van der Waals surface area contributed by atoms with E-state index in [-0.39, 0.29) is 31.8 Å². The lowest BCUT2D eigenvalue weighted by Crippen LogP contribution is -2.34. The molecule has 2 aromatic carbocycles. The summed E-state index contributed by atoms with van der Waals surface area (Å²) in [6.45, 7) is -0.264. The molecule has 0 radical (unpaired) electrons. The molecular weight excluding hydrogens is 510 g/mol. The maximum Gasteiger partial charge on any atom is 0.405 e. The second-order valence-electron chi connectivity index (χ2n) is 6.66. The molecule has 0 spiro atoms. The molecule has 32 heavy (non-hydrogen) atoms. The van der Waals surface area contributed by atoms with Gasteiger partial charge in [0.15, 0.2) is 0 Å². The molecule has 0 fully saturated rings. The Morgan fingerprint density at radius 1 is 1.03 bits per heavy atom. The molecule has 2 aromatic rings. The van der Waals surface area contributed by atoms with E-state index < -0.39 is 42.1 Å². The number of halogens is 10. The van der Waals surface area contributed by atoms with Gasteiger partial charge in [-0.1, -0.05) is 40.9 Å². The zero-order valence-corrected chi connectivity index (χ0v) is 18.2. The molecule has 1 N–H and O–H groups in total. The summed E-state index contributed by atoms with van der Waals surface area (Å²) in [7, 11) is 0. The van der Waals surface area contributed by atoms with Gasteiger partial charge in [0.1, 0.15) is 18.3 Å². The largest absolute Gasteiger partial charge is 0.405 e. The van der Waals surface area contributed by atoms with Gasteiger partial charge in [-0.15, -0.1) is 0 Å². The highest BCUT2D eigenvalue weighted by atomic mass is 35.5. The first-order chi connectivity index (χ1) is 14.6. The van der Waals surface area contributed by atoms with E-state index in [1.165, 1.54) is 6.92 Å². The summed E-state index contributed by atoms with van der Waals surface area (Å²) in [5.74, 6) is -4.76. The van der Waals surface area contributed by atoms with Crippen LogP contribution in [0.1, 0.15) is 33.0 Å². The molecule has 0 heterocycles. The first-order valence-corrected chi connectivity index (χ1v) is 9.78. The van der Waals surface area contributed by atoms with Gasteiger partial charge in [-0.2, -0.15) is 26.3 Å². The van der Waals surface area contributed by atoms with Crippen molar-refractivity contribution in [2.45, 2.75) is 25.2 Å². The molecule has 1 atom stereocenters. The zero-order chi connectivity index (χ0) is 24.4. The number of nitrogens with one attached hydrogen (secondary N) is 1. The van der Waals surface area contributed by atoms with E-state index in [1.54, 1.807) is 5.32 Å². The lowest BCUT2D eigenvalue weighted by Gasteiger charge is -2.19. The van der Waals surface area contributed by atoms with Crippen LogP contribution in [0.3, 0.4) is 0 Å². The number of hydrogen-bond donors (Lipinski definition) is 1. The van der Waals surface area contributed by atoms with Crippen molar-refractivity contribution in [3.05, 3.63) is 73.7 Å². The second kappa shape index (κ2) is 9.89. The summed E-state index contributed by atoms with van der Waals surface area (Å²) in [5.41, 5.74) is -0.886. The highest BCUT2D eigenvalue weighted by molar-refractivity contribution is 6.48. The van der Waals surface area contributed by atoms with Crippen molar-refractivity contribution in [1.82, 2.24) is 5.32 Å². The number of rotatable bonds is 5. The number of amides is 1. The Hall–Kier alpha value is -1.97. The van der Waals surface area contributed by atoms with Crippen LogP contribution in [0.2, 0.25) is 15.1 Å². The predicted octanol–water partition coefficient (Wildman–Crippen LogP) is 7.90. The summed E-state index contributed by atoms with van der Waals surface area (Å²) in [6.07, 6.45) is -9.24. The molecule has 0 aliphatic rings. The molecule has 0 saturated carbocycles. The first-order valence-electron chi connectivity index (χ1n) is 8.64. The molecule has 0 aliphatic heterocycles. The Balaban J connectivity index is 2.38. The first kappa shape index (κ1) is 26.3. The molecule has 0 aliphatic carbocycles. The molecule has 0 bridgehead atoms. The van der Waals surface area contributed by atoms with E-state index in [0.29, 0.717) is 6.08 Å². The fourth-order valence-electron chi connectivity index (χ4n) is 2.72. The molecular formula is C20H13Cl3F7NO. The number of carbonyl (C=O) groups is 1. The van der Waals surface area contributed by atoms with Gasteiger partial charge >= 0.3 is 12.4 Å². The molecule has 1 amide bonds. The van der Waals surface area contributed by atoms with Crippen molar-refractivity contribution in [2.75, 3.05) is 6.54 Å². The summed E-state index contributed by atoms with van der Waals surface area (Å²) < 4.78 is 92.3. The van der Waals surface area contributed by atoms with Crippen molar-refractivity contribution in [1.29, 1.82) is 0 Å². The second-order valence-corrected chi connectivity index (χ2v) is 7.85. The standard InChI is InChI=1S/C20H13Cl3F7NO/c1-9-4-10(2-3-12(9)18(32)31-8-19(25,26)27)16(24)7-13(20(28,29)30)11-5-14(21)17(23)15(22)6-11/h2-7,13H,8H2,1H3,(H,31,32). The summed E-state index contributed by atoms with van der Waals surface area (Å²) >= 11 is 17.3. The summed E-state index contributed by atoms with van der Waals surface area (Å²) in [5, 5.41) is 1.01. The number of hydrogen-bond acceptors (Lipinski definition) is 1. The third-order valence-corrected chi connectivity index (χ3v) is 5.42. The minimum Gasteiger partial charge on any atom is -0.343 e. The van der Waals surface area contributed by atoms with Gasteiger partial charge in [-0.25, -0.2) is 4.39 Å². The van der Waals surface area contributed by atoms with E-state index in [0.717, 1.165) is 30.3 Å². The van der Waals surface area contributed by atoms with Crippen molar-refractivity contribution in [3.63, 3.8) is 0 Å². The number of benzene rings is 2. The van der Waals surface area contributed by atoms with Crippen LogP contribution < -0.4 is 5.32 Å². The van der Waals surface area contributed by atoms with Crippen LogP contribution in [0.15, 0.2) is 36.4 Å². The normalized spacial score (nSPS) is 13.8. The van der Waals surface area contributed by atoms with Gasteiger partial charge in [-0.05, 0) is 48.4 Å². The van der Waals surface area contributed by atoms with Crippen molar-refractivity contribution >= 4 is 46.5 Å². The third kappa shape index (κ3) is 6.76. The van der Waals surface area contributed by atoms with Crippen LogP contribution in [-0.4, -0.2) is 24.8 Å². The summed E-state index contributed by atoms with van der Waals surface area (Å²) in [4.78, 5) is 11.9. The number of alkyl halides is 6. The Labute approximate surface area is 192 Å². The highest BCUT2D eigenvalue weighted by Gasteiger charge is 2.40. The lowest BCUT2D eigenvalue weighted by atomic mass is 9.95. The maximum absolute atomic E-state index is 14.7. The lowest BCUT2D eigenvalue weighted by molar-refractivity contribution is -0.139. The van der Waals surface area contributed by atoms with E-state index in [9.17, 15) is 35.5 Å². The Kier molecular flexibility index (Phi) is 8.12. The molecule has 2 rings (SSSR count). The topological polar surface area (TPSA) is 29.1 Å². The minimum atomic E-state index is -4.91.